The lowest BCUT2D eigenvalue weighted by Crippen LogP contribution is -2.47. The molecule has 1 aliphatic rings. The van der Waals surface area contributed by atoms with Crippen LogP contribution in [0.25, 0.3) is 5.69 Å². The van der Waals surface area contributed by atoms with Gasteiger partial charge in [0.2, 0.25) is 0 Å². The van der Waals surface area contributed by atoms with Crippen LogP contribution in [0.5, 0.6) is 0 Å². The maximum absolute atomic E-state index is 12.7. The lowest BCUT2D eigenvalue weighted by molar-refractivity contribution is 0.0664. The van der Waals surface area contributed by atoms with Gasteiger partial charge in [0.15, 0.2) is 5.69 Å². The van der Waals surface area contributed by atoms with Gasteiger partial charge in [-0.15, -0.1) is 0 Å². The summed E-state index contributed by atoms with van der Waals surface area (Å²) >= 11 is 0. The van der Waals surface area contributed by atoms with Crippen LogP contribution in [0.4, 0.5) is 11.6 Å². The Bertz CT molecular complexity index is 1030. The van der Waals surface area contributed by atoms with Crippen LogP contribution in [0.15, 0.2) is 49.2 Å². The second-order valence-electron chi connectivity index (χ2n) is 6.83. The first-order valence-electron chi connectivity index (χ1n) is 9.24. The van der Waals surface area contributed by atoms with Crippen molar-refractivity contribution in [2.24, 2.45) is 0 Å². The van der Waals surface area contributed by atoms with Crippen LogP contribution in [0.2, 0.25) is 0 Å². The lowest BCUT2D eigenvalue weighted by Gasteiger charge is -2.32. The second kappa shape index (κ2) is 8.08. The molecular weight excluding hydrogens is 368 g/mol. The number of likely N-dealkylation sites (N-methyl/N-ethyl adjacent to an activating group) is 1. The van der Waals surface area contributed by atoms with Crippen molar-refractivity contribution in [3.05, 3.63) is 60.4 Å². The van der Waals surface area contributed by atoms with E-state index in [2.05, 4.69) is 32.2 Å². The van der Waals surface area contributed by atoms with E-state index >= 15 is 0 Å². The molecule has 1 saturated heterocycles. The zero-order chi connectivity index (χ0) is 20.2. The number of aromatic nitrogens is 4. The van der Waals surface area contributed by atoms with E-state index in [0.29, 0.717) is 17.2 Å². The van der Waals surface area contributed by atoms with Gasteiger partial charge in [0, 0.05) is 37.4 Å². The molecule has 29 heavy (non-hydrogen) atoms. The van der Waals surface area contributed by atoms with Gasteiger partial charge in [0.25, 0.3) is 5.91 Å². The Labute approximate surface area is 168 Å². The fourth-order valence-electron chi connectivity index (χ4n) is 3.08. The molecule has 3 aromatic rings. The van der Waals surface area contributed by atoms with Crippen LogP contribution in [0.3, 0.4) is 0 Å². The summed E-state index contributed by atoms with van der Waals surface area (Å²) in [5.74, 6) is 1.17. The molecule has 3 heterocycles. The summed E-state index contributed by atoms with van der Waals surface area (Å²) in [4.78, 5) is 29.2. The average molecular weight is 388 g/mol. The first-order chi connectivity index (χ1) is 14.1. The Kier molecular flexibility index (Phi) is 5.18. The van der Waals surface area contributed by atoms with Crippen LogP contribution in [-0.4, -0.2) is 68.5 Å². The monoisotopic (exact) mass is 388 g/mol. The minimum Gasteiger partial charge on any atom is -0.336 e. The van der Waals surface area contributed by atoms with Gasteiger partial charge in [-0.2, -0.15) is 5.26 Å². The third kappa shape index (κ3) is 4.23. The standard InChI is InChI=1S/C20H20N8O/c1-26-6-8-27(9-7-26)20(29)15-2-4-17(5-3-15)28-13-19(24-14-28)25-18-12-22-16(10-21)11-23-18/h2-5,11-14H,6-9H2,1H3,(H,23,25). The van der Waals surface area contributed by atoms with E-state index < -0.39 is 0 Å². The molecule has 0 radical (unpaired) electrons. The maximum atomic E-state index is 12.7. The highest BCUT2D eigenvalue weighted by molar-refractivity contribution is 5.94. The Hall–Kier alpha value is -3.77. The number of nitrogens with zero attached hydrogens (tertiary/aromatic N) is 7. The largest absolute Gasteiger partial charge is 0.336 e. The highest BCUT2D eigenvalue weighted by atomic mass is 16.2. The molecule has 0 unspecified atom stereocenters. The normalized spacial score (nSPS) is 14.4. The second-order valence-corrected chi connectivity index (χ2v) is 6.83. The fraction of sp³-hybridized carbons (Fsp3) is 0.250. The molecule has 1 aromatic carbocycles. The zero-order valence-electron chi connectivity index (χ0n) is 16.0. The summed E-state index contributed by atoms with van der Waals surface area (Å²) < 4.78 is 1.85. The van der Waals surface area contributed by atoms with E-state index in [0.717, 1.165) is 31.9 Å². The van der Waals surface area contributed by atoms with E-state index in [1.165, 1.54) is 12.4 Å². The molecule has 9 heteroatoms. The average Bonchev–Trinajstić information content (AvgIpc) is 3.23. The summed E-state index contributed by atoms with van der Waals surface area (Å²) in [6.45, 7) is 3.31. The third-order valence-corrected chi connectivity index (χ3v) is 4.81. The van der Waals surface area contributed by atoms with Crippen LogP contribution < -0.4 is 5.32 Å². The van der Waals surface area contributed by atoms with Crippen molar-refractivity contribution in [1.29, 1.82) is 5.26 Å². The van der Waals surface area contributed by atoms with E-state index in [1.807, 2.05) is 46.0 Å². The molecule has 1 N–H and O–H groups in total. The minimum absolute atomic E-state index is 0.0667. The molecule has 4 rings (SSSR count). The van der Waals surface area contributed by atoms with Crippen LogP contribution in [0.1, 0.15) is 16.1 Å². The summed E-state index contributed by atoms with van der Waals surface area (Å²) in [6.07, 6.45) is 6.37. The van der Waals surface area contributed by atoms with Crippen molar-refractivity contribution in [3.63, 3.8) is 0 Å². The molecule has 0 atom stereocenters. The van der Waals surface area contributed by atoms with Gasteiger partial charge in [0.05, 0.1) is 18.6 Å². The highest BCUT2D eigenvalue weighted by Crippen LogP contribution is 2.16. The number of piperazine rings is 1. The van der Waals surface area contributed by atoms with E-state index in [9.17, 15) is 4.79 Å². The van der Waals surface area contributed by atoms with Crippen molar-refractivity contribution < 1.29 is 4.79 Å². The minimum atomic E-state index is 0.0667. The molecule has 2 aromatic heterocycles. The number of carbonyl (C=O) groups excluding carboxylic acids is 1. The van der Waals surface area contributed by atoms with Gasteiger partial charge in [-0.25, -0.2) is 15.0 Å². The molecule has 0 aliphatic carbocycles. The van der Waals surface area contributed by atoms with Crippen molar-refractivity contribution in [2.45, 2.75) is 0 Å². The number of hydrogen-bond donors (Lipinski definition) is 1. The zero-order valence-corrected chi connectivity index (χ0v) is 16.0. The molecule has 0 spiro atoms. The Balaban J connectivity index is 1.42. The molecule has 1 amide bonds. The maximum Gasteiger partial charge on any atom is 0.253 e. The molecule has 0 saturated carbocycles. The van der Waals surface area contributed by atoms with Gasteiger partial charge in [-0.3, -0.25) is 4.79 Å². The highest BCUT2D eigenvalue weighted by Gasteiger charge is 2.20. The van der Waals surface area contributed by atoms with Crippen molar-refractivity contribution in [3.8, 4) is 11.8 Å². The Morgan fingerprint density at radius 1 is 1.03 bits per heavy atom. The quantitative estimate of drug-likeness (QED) is 0.725. The number of nitriles is 1. The summed E-state index contributed by atoms with van der Waals surface area (Å²) in [5.41, 5.74) is 1.84. The SMILES string of the molecule is CN1CCN(C(=O)c2ccc(-n3cnc(Nc4cnc(C#N)cn4)c3)cc2)CC1. The third-order valence-electron chi connectivity index (χ3n) is 4.81. The molecule has 9 nitrogen and oxygen atoms in total. The topological polar surface area (TPSA) is 103 Å². The van der Waals surface area contributed by atoms with Crippen LogP contribution in [0, 0.1) is 11.3 Å². The smallest absolute Gasteiger partial charge is 0.253 e. The Morgan fingerprint density at radius 3 is 2.45 bits per heavy atom. The lowest BCUT2D eigenvalue weighted by atomic mass is 10.1. The first-order valence-corrected chi connectivity index (χ1v) is 9.24. The number of carbonyl (C=O) groups is 1. The van der Waals surface area contributed by atoms with E-state index in [4.69, 9.17) is 5.26 Å². The van der Waals surface area contributed by atoms with Crippen molar-refractivity contribution in [1.82, 2.24) is 29.3 Å². The summed E-state index contributed by atoms with van der Waals surface area (Å²) in [6, 6.07) is 9.41. The first kappa shape index (κ1) is 18.6. The Morgan fingerprint density at radius 2 is 1.79 bits per heavy atom. The predicted molar refractivity (Wildman–Crippen MR) is 107 cm³/mol. The number of nitrogens with one attached hydrogen (secondary N) is 1. The summed E-state index contributed by atoms with van der Waals surface area (Å²) in [5, 5.41) is 11.8. The fourth-order valence-corrected chi connectivity index (χ4v) is 3.08. The van der Waals surface area contributed by atoms with Gasteiger partial charge < -0.3 is 19.7 Å². The van der Waals surface area contributed by atoms with Gasteiger partial charge in [-0.1, -0.05) is 0 Å². The predicted octanol–water partition coefficient (Wildman–Crippen LogP) is 1.67. The van der Waals surface area contributed by atoms with E-state index in [-0.39, 0.29) is 11.6 Å². The van der Waals surface area contributed by atoms with Crippen molar-refractivity contribution in [2.75, 3.05) is 38.5 Å². The van der Waals surface area contributed by atoms with Crippen molar-refractivity contribution >= 4 is 17.5 Å². The van der Waals surface area contributed by atoms with Crippen LogP contribution >= 0.6 is 0 Å². The molecule has 146 valence electrons. The van der Waals surface area contributed by atoms with Gasteiger partial charge >= 0.3 is 0 Å². The summed E-state index contributed by atoms with van der Waals surface area (Å²) in [7, 11) is 2.07. The van der Waals surface area contributed by atoms with E-state index in [1.54, 1.807) is 6.33 Å². The number of rotatable bonds is 4. The van der Waals surface area contributed by atoms with Crippen LogP contribution in [-0.2, 0) is 0 Å². The number of anilines is 2. The van der Waals surface area contributed by atoms with Gasteiger partial charge in [-0.05, 0) is 31.3 Å². The number of benzene rings is 1. The molecule has 1 aliphatic heterocycles. The number of amides is 1. The number of imidazole rings is 1. The molecule has 0 bridgehead atoms. The number of hydrogen-bond acceptors (Lipinski definition) is 7. The molecular formula is C20H20N8O. The van der Waals surface area contributed by atoms with Gasteiger partial charge in [0.1, 0.15) is 24.0 Å². The molecule has 1 fully saturated rings.